The van der Waals surface area contributed by atoms with Gasteiger partial charge in [0.1, 0.15) is 5.76 Å². The lowest BCUT2D eigenvalue weighted by Crippen LogP contribution is -2.30. The first-order valence-electron chi connectivity index (χ1n) is 6.73. The fraction of sp³-hybridized carbons (Fsp3) is 0.267. The fourth-order valence-corrected chi connectivity index (χ4v) is 2.82. The molecule has 7 heteroatoms. The van der Waals surface area contributed by atoms with Crippen LogP contribution in [-0.4, -0.2) is 27.1 Å². The molecule has 0 fully saturated rings. The van der Waals surface area contributed by atoms with E-state index >= 15 is 0 Å². The van der Waals surface area contributed by atoms with Crippen LogP contribution < -0.4 is 10.6 Å². The predicted molar refractivity (Wildman–Crippen MR) is 83.3 cm³/mol. The van der Waals surface area contributed by atoms with Crippen molar-refractivity contribution in [3.8, 4) is 0 Å². The predicted octanol–water partition coefficient (Wildman–Crippen LogP) is 1.97. The third-order valence-electron chi connectivity index (χ3n) is 3.10. The summed E-state index contributed by atoms with van der Waals surface area (Å²) in [5.74, 6) is 0.402. The summed E-state index contributed by atoms with van der Waals surface area (Å²) in [6, 6.07) is 9.77. The minimum atomic E-state index is -3.40. The zero-order valence-electron chi connectivity index (χ0n) is 12.4. The first-order valence-corrected chi connectivity index (χ1v) is 8.63. The number of rotatable bonds is 6. The van der Waals surface area contributed by atoms with Gasteiger partial charge in [0.25, 0.3) is 0 Å². The zero-order valence-corrected chi connectivity index (χ0v) is 13.2. The van der Waals surface area contributed by atoms with Crippen molar-refractivity contribution < 1.29 is 17.6 Å². The summed E-state index contributed by atoms with van der Waals surface area (Å²) >= 11 is 0. The monoisotopic (exact) mass is 322 g/mol. The summed E-state index contributed by atoms with van der Waals surface area (Å²) in [5, 5.41) is 5.61. The van der Waals surface area contributed by atoms with Crippen molar-refractivity contribution in [1.29, 1.82) is 0 Å². The van der Waals surface area contributed by atoms with E-state index in [0.29, 0.717) is 0 Å². The van der Waals surface area contributed by atoms with Crippen LogP contribution in [0, 0.1) is 0 Å². The molecule has 0 aliphatic heterocycles. The van der Waals surface area contributed by atoms with Crippen LogP contribution in [0.1, 0.15) is 18.7 Å². The fourth-order valence-electron chi connectivity index (χ4n) is 1.97. The highest BCUT2D eigenvalue weighted by Gasteiger charge is 2.15. The van der Waals surface area contributed by atoms with Gasteiger partial charge in [0.05, 0.1) is 29.4 Å². The number of amides is 1. The Balaban J connectivity index is 1.98. The van der Waals surface area contributed by atoms with Gasteiger partial charge < -0.3 is 9.73 Å². The average molecular weight is 322 g/mol. The van der Waals surface area contributed by atoms with E-state index in [1.807, 2.05) is 13.0 Å². The maximum atomic E-state index is 12.0. The standard InChI is InChI=1S/C15H18N2O4S/c1-11(13-7-5-9-21-13)16-10-15(18)17-12-6-3-4-8-14(12)22(2,19)20/h3-9,11,16H,10H2,1-2H3,(H,17,18)/t11-/m0/s1. The number of carbonyl (C=O) groups is 1. The summed E-state index contributed by atoms with van der Waals surface area (Å²) in [6.07, 6.45) is 2.67. The number of sulfone groups is 1. The highest BCUT2D eigenvalue weighted by atomic mass is 32.2. The molecule has 2 aromatic rings. The molecule has 1 heterocycles. The number of furan rings is 1. The maximum Gasteiger partial charge on any atom is 0.238 e. The molecule has 22 heavy (non-hydrogen) atoms. The van der Waals surface area contributed by atoms with E-state index in [4.69, 9.17) is 4.42 Å². The molecule has 1 atom stereocenters. The SMILES string of the molecule is C[C@H](NCC(=O)Nc1ccccc1S(C)(=O)=O)c1ccco1. The molecule has 118 valence electrons. The molecule has 0 saturated heterocycles. The molecule has 0 bridgehead atoms. The maximum absolute atomic E-state index is 12.0. The van der Waals surface area contributed by atoms with E-state index in [-0.39, 0.29) is 29.1 Å². The number of benzene rings is 1. The van der Waals surface area contributed by atoms with Crippen molar-refractivity contribution >= 4 is 21.4 Å². The molecule has 1 aromatic heterocycles. The van der Waals surface area contributed by atoms with Crippen LogP contribution in [0.15, 0.2) is 52.0 Å². The van der Waals surface area contributed by atoms with Crippen LogP contribution in [0.4, 0.5) is 5.69 Å². The van der Waals surface area contributed by atoms with Gasteiger partial charge in [-0.1, -0.05) is 12.1 Å². The molecular formula is C15H18N2O4S. The average Bonchev–Trinajstić information content (AvgIpc) is 2.98. The van der Waals surface area contributed by atoms with E-state index in [9.17, 15) is 13.2 Å². The molecule has 0 aliphatic rings. The first kappa shape index (κ1) is 16.3. The molecule has 2 N–H and O–H groups in total. The molecular weight excluding hydrogens is 304 g/mol. The van der Waals surface area contributed by atoms with Gasteiger partial charge in [-0.15, -0.1) is 0 Å². The number of hydrogen-bond donors (Lipinski definition) is 2. The molecule has 0 saturated carbocycles. The molecule has 0 spiro atoms. The Morgan fingerprint density at radius 2 is 1.95 bits per heavy atom. The van der Waals surface area contributed by atoms with Gasteiger partial charge in [0, 0.05) is 6.26 Å². The van der Waals surface area contributed by atoms with E-state index in [1.165, 1.54) is 6.07 Å². The second-order valence-electron chi connectivity index (χ2n) is 4.93. The Morgan fingerprint density at radius 1 is 1.23 bits per heavy atom. The molecule has 0 unspecified atom stereocenters. The van der Waals surface area contributed by atoms with Crippen LogP contribution in [-0.2, 0) is 14.6 Å². The number of hydrogen-bond acceptors (Lipinski definition) is 5. The Hall–Kier alpha value is -2.12. The summed E-state index contributed by atoms with van der Waals surface area (Å²) in [5.41, 5.74) is 0.280. The third kappa shape index (κ3) is 4.19. The Bertz CT molecular complexity index is 739. The lowest BCUT2D eigenvalue weighted by molar-refractivity contribution is -0.115. The van der Waals surface area contributed by atoms with Crippen molar-refractivity contribution in [2.24, 2.45) is 0 Å². The van der Waals surface area contributed by atoms with Crippen LogP contribution >= 0.6 is 0 Å². The molecule has 0 aliphatic carbocycles. The van der Waals surface area contributed by atoms with Gasteiger partial charge in [0.15, 0.2) is 9.84 Å². The molecule has 1 amide bonds. The van der Waals surface area contributed by atoms with Crippen molar-refractivity contribution in [2.45, 2.75) is 17.9 Å². The summed E-state index contributed by atoms with van der Waals surface area (Å²) in [4.78, 5) is 12.1. The molecule has 1 aromatic carbocycles. The topological polar surface area (TPSA) is 88.4 Å². The van der Waals surface area contributed by atoms with Gasteiger partial charge in [-0.3, -0.25) is 10.1 Å². The van der Waals surface area contributed by atoms with Gasteiger partial charge in [-0.05, 0) is 31.2 Å². The minimum Gasteiger partial charge on any atom is -0.468 e. The normalized spacial score (nSPS) is 12.8. The number of para-hydroxylation sites is 1. The third-order valence-corrected chi connectivity index (χ3v) is 4.25. The number of carbonyl (C=O) groups excluding carboxylic acids is 1. The Kier molecular flexibility index (Phi) is 4.99. The van der Waals surface area contributed by atoms with Crippen molar-refractivity contribution in [1.82, 2.24) is 5.32 Å². The smallest absolute Gasteiger partial charge is 0.238 e. The van der Waals surface area contributed by atoms with Gasteiger partial charge in [0.2, 0.25) is 5.91 Å². The lowest BCUT2D eigenvalue weighted by atomic mass is 10.2. The quantitative estimate of drug-likeness (QED) is 0.849. The second-order valence-corrected chi connectivity index (χ2v) is 6.92. The Morgan fingerprint density at radius 3 is 2.59 bits per heavy atom. The molecule has 0 radical (unpaired) electrons. The van der Waals surface area contributed by atoms with Crippen LogP contribution in [0.2, 0.25) is 0 Å². The Labute approximate surface area is 129 Å². The van der Waals surface area contributed by atoms with Crippen molar-refractivity contribution in [2.75, 3.05) is 18.1 Å². The summed E-state index contributed by atoms with van der Waals surface area (Å²) < 4.78 is 28.6. The minimum absolute atomic E-state index is 0.0416. The molecule has 2 rings (SSSR count). The van der Waals surface area contributed by atoms with E-state index < -0.39 is 9.84 Å². The van der Waals surface area contributed by atoms with Gasteiger partial charge in [-0.25, -0.2) is 8.42 Å². The van der Waals surface area contributed by atoms with Crippen LogP contribution in [0.3, 0.4) is 0 Å². The largest absolute Gasteiger partial charge is 0.468 e. The van der Waals surface area contributed by atoms with Gasteiger partial charge >= 0.3 is 0 Å². The van der Waals surface area contributed by atoms with Gasteiger partial charge in [-0.2, -0.15) is 0 Å². The number of nitrogens with one attached hydrogen (secondary N) is 2. The summed E-state index contributed by atoms with van der Waals surface area (Å²) in [6.45, 7) is 1.91. The van der Waals surface area contributed by atoms with E-state index in [0.717, 1.165) is 12.0 Å². The van der Waals surface area contributed by atoms with Crippen molar-refractivity contribution in [3.63, 3.8) is 0 Å². The highest BCUT2D eigenvalue weighted by Crippen LogP contribution is 2.20. The number of anilines is 1. The first-order chi connectivity index (χ1) is 10.4. The lowest BCUT2D eigenvalue weighted by Gasteiger charge is -2.13. The van der Waals surface area contributed by atoms with Crippen LogP contribution in [0.25, 0.3) is 0 Å². The van der Waals surface area contributed by atoms with E-state index in [1.54, 1.807) is 30.5 Å². The summed E-state index contributed by atoms with van der Waals surface area (Å²) in [7, 11) is -3.40. The highest BCUT2D eigenvalue weighted by molar-refractivity contribution is 7.90. The second kappa shape index (κ2) is 6.76. The van der Waals surface area contributed by atoms with Crippen molar-refractivity contribution in [3.05, 3.63) is 48.4 Å². The molecule has 6 nitrogen and oxygen atoms in total. The van der Waals surface area contributed by atoms with E-state index in [2.05, 4.69) is 10.6 Å². The van der Waals surface area contributed by atoms with Crippen LogP contribution in [0.5, 0.6) is 0 Å². The zero-order chi connectivity index (χ0) is 16.2.